The van der Waals surface area contributed by atoms with E-state index in [1.165, 1.54) is 29.3 Å². The summed E-state index contributed by atoms with van der Waals surface area (Å²) >= 11 is 0. The lowest BCUT2D eigenvalue weighted by Gasteiger charge is -2.17. The van der Waals surface area contributed by atoms with E-state index < -0.39 is 0 Å². The van der Waals surface area contributed by atoms with Gasteiger partial charge in [-0.2, -0.15) is 0 Å². The van der Waals surface area contributed by atoms with Gasteiger partial charge in [-0.05, 0) is 60.7 Å². The van der Waals surface area contributed by atoms with Crippen LogP contribution in [0.4, 0.5) is 4.39 Å². The molecule has 0 saturated carbocycles. The van der Waals surface area contributed by atoms with Gasteiger partial charge < -0.3 is 5.32 Å². The maximum Gasteiger partial charge on any atom is 0.244 e. The van der Waals surface area contributed by atoms with Gasteiger partial charge in [-0.3, -0.25) is 4.79 Å². The van der Waals surface area contributed by atoms with E-state index in [1.54, 1.807) is 18.2 Å². The Hall–Kier alpha value is -2.42. The summed E-state index contributed by atoms with van der Waals surface area (Å²) in [5.74, 6) is -0.438. The van der Waals surface area contributed by atoms with Gasteiger partial charge in [0.1, 0.15) is 5.82 Å². The highest BCUT2D eigenvalue weighted by Crippen LogP contribution is 2.19. The highest BCUT2D eigenvalue weighted by Gasteiger charge is 2.11. The highest BCUT2D eigenvalue weighted by atomic mass is 19.1. The number of hydrogen-bond donors (Lipinski definition) is 1. The maximum atomic E-state index is 12.8. The largest absolute Gasteiger partial charge is 0.346 e. The molecule has 120 valence electrons. The number of nitrogens with one attached hydrogen (secondary N) is 1. The van der Waals surface area contributed by atoms with E-state index >= 15 is 0 Å². The number of carbonyl (C=O) groups is 1. The number of amides is 1. The zero-order valence-electron chi connectivity index (χ0n) is 13.8. The SMILES string of the molecule is CC[C@@H](NC(=O)/C=C/c1ccc(F)cc1)c1ccc(C)c(C)c1. The second-order valence-electron chi connectivity index (χ2n) is 5.70. The number of benzene rings is 2. The lowest BCUT2D eigenvalue weighted by Crippen LogP contribution is -2.26. The van der Waals surface area contributed by atoms with Crippen LogP contribution in [0.25, 0.3) is 6.08 Å². The first kappa shape index (κ1) is 16.9. The van der Waals surface area contributed by atoms with Gasteiger partial charge in [-0.15, -0.1) is 0 Å². The standard InChI is InChI=1S/C20H22FNO/c1-4-19(17-9-5-14(2)15(3)13-17)22-20(23)12-8-16-6-10-18(21)11-7-16/h5-13,19H,4H2,1-3H3,(H,22,23)/b12-8+/t19-/m1/s1. The molecule has 0 heterocycles. The van der Waals surface area contributed by atoms with Gasteiger partial charge in [0.25, 0.3) is 0 Å². The second-order valence-corrected chi connectivity index (χ2v) is 5.70. The van der Waals surface area contributed by atoms with Crippen LogP contribution in [0.5, 0.6) is 0 Å². The molecule has 0 aromatic heterocycles. The lowest BCUT2D eigenvalue weighted by molar-refractivity contribution is -0.117. The summed E-state index contributed by atoms with van der Waals surface area (Å²) in [6.07, 6.45) is 3.98. The van der Waals surface area contributed by atoms with Crippen LogP contribution in [-0.4, -0.2) is 5.91 Å². The molecule has 0 bridgehead atoms. The van der Waals surface area contributed by atoms with Crippen LogP contribution < -0.4 is 5.32 Å². The highest BCUT2D eigenvalue weighted by molar-refractivity contribution is 5.92. The van der Waals surface area contributed by atoms with Gasteiger partial charge >= 0.3 is 0 Å². The Morgan fingerprint density at radius 3 is 2.43 bits per heavy atom. The van der Waals surface area contributed by atoms with Crippen LogP contribution in [0.15, 0.2) is 48.5 Å². The van der Waals surface area contributed by atoms with Crippen molar-refractivity contribution in [2.75, 3.05) is 0 Å². The molecule has 0 aliphatic heterocycles. The van der Waals surface area contributed by atoms with E-state index in [1.807, 2.05) is 6.92 Å². The molecule has 0 radical (unpaired) electrons. The van der Waals surface area contributed by atoms with Crippen molar-refractivity contribution in [1.82, 2.24) is 5.32 Å². The second kappa shape index (κ2) is 7.73. The summed E-state index contributed by atoms with van der Waals surface area (Å²) in [4.78, 5) is 12.1. The summed E-state index contributed by atoms with van der Waals surface area (Å²) in [6, 6.07) is 12.3. The fourth-order valence-electron chi connectivity index (χ4n) is 2.37. The fourth-order valence-corrected chi connectivity index (χ4v) is 2.37. The van der Waals surface area contributed by atoms with Crippen molar-refractivity contribution in [2.45, 2.75) is 33.2 Å². The first-order chi connectivity index (χ1) is 11.0. The van der Waals surface area contributed by atoms with Crippen molar-refractivity contribution in [3.63, 3.8) is 0 Å². The zero-order chi connectivity index (χ0) is 16.8. The van der Waals surface area contributed by atoms with E-state index in [4.69, 9.17) is 0 Å². The monoisotopic (exact) mass is 311 g/mol. The summed E-state index contributed by atoms with van der Waals surface area (Å²) < 4.78 is 12.8. The summed E-state index contributed by atoms with van der Waals surface area (Å²) in [7, 11) is 0. The third kappa shape index (κ3) is 4.78. The predicted octanol–water partition coefficient (Wildman–Crippen LogP) is 4.72. The Morgan fingerprint density at radius 1 is 1.13 bits per heavy atom. The quantitative estimate of drug-likeness (QED) is 0.795. The molecule has 2 rings (SSSR count). The van der Waals surface area contributed by atoms with Crippen LogP contribution in [0, 0.1) is 19.7 Å². The van der Waals surface area contributed by atoms with Crippen molar-refractivity contribution >= 4 is 12.0 Å². The molecular weight excluding hydrogens is 289 g/mol. The Balaban J connectivity index is 2.04. The minimum atomic E-state index is -0.285. The zero-order valence-corrected chi connectivity index (χ0v) is 13.8. The lowest BCUT2D eigenvalue weighted by atomic mass is 9.99. The van der Waals surface area contributed by atoms with Gasteiger partial charge in [0.2, 0.25) is 5.91 Å². The van der Waals surface area contributed by atoms with Crippen LogP contribution >= 0.6 is 0 Å². The third-order valence-corrected chi connectivity index (χ3v) is 3.96. The predicted molar refractivity (Wildman–Crippen MR) is 92.5 cm³/mol. The van der Waals surface area contributed by atoms with Crippen molar-refractivity contribution < 1.29 is 9.18 Å². The fraction of sp³-hybridized carbons (Fsp3) is 0.250. The van der Waals surface area contributed by atoms with Crippen molar-refractivity contribution in [1.29, 1.82) is 0 Å². The third-order valence-electron chi connectivity index (χ3n) is 3.96. The molecule has 2 nitrogen and oxygen atoms in total. The van der Waals surface area contributed by atoms with Crippen LogP contribution in [0.2, 0.25) is 0 Å². The molecule has 0 unspecified atom stereocenters. The number of halogens is 1. The van der Waals surface area contributed by atoms with E-state index in [2.05, 4.69) is 37.4 Å². The van der Waals surface area contributed by atoms with E-state index in [-0.39, 0.29) is 17.8 Å². The molecule has 0 spiro atoms. The van der Waals surface area contributed by atoms with Gasteiger partial charge in [-0.25, -0.2) is 4.39 Å². The van der Waals surface area contributed by atoms with Crippen LogP contribution in [-0.2, 0) is 4.79 Å². The molecule has 1 atom stereocenters. The number of aryl methyl sites for hydroxylation is 2. The van der Waals surface area contributed by atoms with Crippen LogP contribution in [0.3, 0.4) is 0 Å². The topological polar surface area (TPSA) is 29.1 Å². The first-order valence-electron chi connectivity index (χ1n) is 7.81. The molecule has 1 N–H and O–H groups in total. The minimum Gasteiger partial charge on any atom is -0.346 e. The smallest absolute Gasteiger partial charge is 0.244 e. The molecule has 0 fully saturated rings. The molecule has 1 amide bonds. The molecular formula is C20H22FNO. The minimum absolute atomic E-state index is 0.0142. The van der Waals surface area contributed by atoms with E-state index in [0.29, 0.717) is 0 Å². The van der Waals surface area contributed by atoms with E-state index in [9.17, 15) is 9.18 Å². The molecule has 0 saturated heterocycles. The average Bonchev–Trinajstić information content (AvgIpc) is 2.55. The maximum absolute atomic E-state index is 12.8. The van der Waals surface area contributed by atoms with Crippen LogP contribution in [0.1, 0.15) is 41.6 Å². The Labute approximate surface area is 137 Å². The van der Waals surface area contributed by atoms with Crippen molar-refractivity contribution in [3.8, 4) is 0 Å². The molecule has 2 aromatic carbocycles. The normalized spacial score (nSPS) is 12.3. The Morgan fingerprint density at radius 2 is 1.83 bits per heavy atom. The summed E-state index contributed by atoms with van der Waals surface area (Å²) in [6.45, 7) is 6.19. The van der Waals surface area contributed by atoms with Gasteiger partial charge in [0.05, 0.1) is 6.04 Å². The van der Waals surface area contributed by atoms with Crippen molar-refractivity contribution in [3.05, 3.63) is 76.6 Å². The Bertz CT molecular complexity index is 704. The average molecular weight is 311 g/mol. The van der Waals surface area contributed by atoms with Gasteiger partial charge in [-0.1, -0.05) is 37.3 Å². The van der Waals surface area contributed by atoms with Gasteiger partial charge in [0, 0.05) is 6.08 Å². The van der Waals surface area contributed by atoms with Crippen molar-refractivity contribution in [2.24, 2.45) is 0 Å². The van der Waals surface area contributed by atoms with Gasteiger partial charge in [0.15, 0.2) is 0 Å². The molecule has 23 heavy (non-hydrogen) atoms. The number of hydrogen-bond acceptors (Lipinski definition) is 1. The molecule has 3 heteroatoms. The Kier molecular flexibility index (Phi) is 5.69. The first-order valence-corrected chi connectivity index (χ1v) is 7.81. The molecule has 0 aliphatic carbocycles. The summed E-state index contributed by atoms with van der Waals surface area (Å²) in [5, 5.41) is 3.01. The summed E-state index contributed by atoms with van der Waals surface area (Å²) in [5.41, 5.74) is 4.36. The molecule has 2 aromatic rings. The number of rotatable bonds is 5. The molecule has 0 aliphatic rings. The van der Waals surface area contributed by atoms with E-state index in [0.717, 1.165) is 17.5 Å². The number of carbonyl (C=O) groups excluding carboxylic acids is 1.